The maximum Gasteiger partial charge on any atom is 0.225 e. The average molecular weight is 314 g/mol. The Morgan fingerprint density at radius 2 is 1.78 bits per heavy atom. The summed E-state index contributed by atoms with van der Waals surface area (Å²) in [6, 6.07) is 11.5. The van der Waals surface area contributed by atoms with E-state index in [1.165, 1.54) is 5.56 Å². The van der Waals surface area contributed by atoms with Crippen LogP contribution in [0.3, 0.4) is 0 Å². The number of nitrogens with zero attached hydrogens (tertiary/aromatic N) is 2. The third-order valence-electron chi connectivity index (χ3n) is 3.29. The lowest BCUT2D eigenvalue weighted by atomic mass is 10.1. The van der Waals surface area contributed by atoms with Gasteiger partial charge in [-0.15, -0.1) is 10.2 Å². The van der Waals surface area contributed by atoms with E-state index in [1.54, 1.807) is 13.2 Å². The van der Waals surface area contributed by atoms with E-state index in [9.17, 15) is 4.79 Å². The maximum atomic E-state index is 11.5. The number of nitrogens with one attached hydrogen (secondary N) is 2. The van der Waals surface area contributed by atoms with Gasteiger partial charge >= 0.3 is 0 Å². The van der Waals surface area contributed by atoms with Crippen LogP contribution in [-0.4, -0.2) is 29.8 Å². The number of carbonyl (C=O) groups is 1. The van der Waals surface area contributed by atoms with Gasteiger partial charge in [0.25, 0.3) is 0 Å². The maximum absolute atomic E-state index is 11.5. The minimum atomic E-state index is -0.0398. The van der Waals surface area contributed by atoms with Gasteiger partial charge in [0.05, 0.1) is 7.11 Å². The fourth-order valence-electron chi connectivity index (χ4n) is 2.05. The number of aromatic nitrogens is 2. The Morgan fingerprint density at radius 3 is 2.39 bits per heavy atom. The van der Waals surface area contributed by atoms with Crippen molar-refractivity contribution in [2.24, 2.45) is 0 Å². The molecule has 2 aromatic rings. The summed E-state index contributed by atoms with van der Waals surface area (Å²) < 4.78 is 5.13. The van der Waals surface area contributed by atoms with Crippen LogP contribution in [0.15, 0.2) is 36.4 Å². The molecule has 0 aliphatic rings. The van der Waals surface area contributed by atoms with E-state index in [0.29, 0.717) is 18.1 Å². The molecule has 0 fully saturated rings. The highest BCUT2D eigenvalue weighted by Gasteiger charge is 2.03. The largest absolute Gasteiger partial charge is 0.497 e. The first-order valence-corrected chi connectivity index (χ1v) is 7.71. The second kappa shape index (κ2) is 8.73. The zero-order valence-electron chi connectivity index (χ0n) is 13.5. The van der Waals surface area contributed by atoms with E-state index in [-0.39, 0.29) is 5.91 Å². The van der Waals surface area contributed by atoms with E-state index >= 15 is 0 Å². The van der Waals surface area contributed by atoms with Crippen molar-refractivity contribution in [2.45, 2.75) is 26.2 Å². The first-order valence-electron chi connectivity index (χ1n) is 7.71. The lowest BCUT2D eigenvalue weighted by Gasteiger charge is -2.07. The van der Waals surface area contributed by atoms with Crippen LogP contribution in [0.2, 0.25) is 0 Å². The molecule has 0 aliphatic carbocycles. The molecule has 0 saturated heterocycles. The quantitative estimate of drug-likeness (QED) is 0.783. The molecule has 6 heteroatoms. The predicted molar refractivity (Wildman–Crippen MR) is 90.8 cm³/mol. The van der Waals surface area contributed by atoms with Crippen LogP contribution in [0.1, 0.15) is 25.3 Å². The van der Waals surface area contributed by atoms with Crippen molar-refractivity contribution < 1.29 is 9.53 Å². The summed E-state index contributed by atoms with van der Waals surface area (Å²) in [6.07, 6.45) is 2.18. The van der Waals surface area contributed by atoms with Crippen LogP contribution in [0.5, 0.6) is 5.75 Å². The standard InChI is InChI=1S/C17H22N4O2/c1-3-4-17(22)19-16-10-9-15(20-21-16)18-12-11-13-5-7-14(23-2)8-6-13/h5-10H,3-4,11-12H2,1-2H3,(H,18,20)(H,19,21,22). The number of methoxy groups -OCH3 is 1. The molecule has 1 heterocycles. The number of rotatable bonds is 8. The number of carbonyl (C=O) groups excluding carboxylic acids is 1. The summed E-state index contributed by atoms with van der Waals surface area (Å²) in [6.45, 7) is 2.71. The normalized spacial score (nSPS) is 10.2. The zero-order valence-corrected chi connectivity index (χ0v) is 13.5. The Balaban J connectivity index is 1.78. The molecule has 2 N–H and O–H groups in total. The summed E-state index contributed by atoms with van der Waals surface area (Å²) in [5, 5.41) is 14.0. The molecule has 23 heavy (non-hydrogen) atoms. The van der Waals surface area contributed by atoms with E-state index in [2.05, 4.69) is 20.8 Å². The summed E-state index contributed by atoms with van der Waals surface area (Å²) in [5.41, 5.74) is 1.22. The van der Waals surface area contributed by atoms with Crippen molar-refractivity contribution in [3.63, 3.8) is 0 Å². The molecule has 0 aliphatic heterocycles. The van der Waals surface area contributed by atoms with Gasteiger partial charge in [-0.25, -0.2) is 0 Å². The highest BCUT2D eigenvalue weighted by molar-refractivity contribution is 5.89. The van der Waals surface area contributed by atoms with Gasteiger partial charge in [0.2, 0.25) is 5.91 Å². The lowest BCUT2D eigenvalue weighted by Crippen LogP contribution is -2.13. The van der Waals surface area contributed by atoms with E-state index in [0.717, 1.165) is 25.1 Å². The van der Waals surface area contributed by atoms with Gasteiger partial charge in [-0.1, -0.05) is 19.1 Å². The SMILES string of the molecule is CCCC(=O)Nc1ccc(NCCc2ccc(OC)cc2)nn1. The van der Waals surface area contributed by atoms with Crippen molar-refractivity contribution in [1.82, 2.24) is 10.2 Å². The molecule has 0 radical (unpaired) electrons. The highest BCUT2D eigenvalue weighted by atomic mass is 16.5. The molecule has 122 valence electrons. The fourth-order valence-corrected chi connectivity index (χ4v) is 2.05. The monoisotopic (exact) mass is 314 g/mol. The first kappa shape index (κ1) is 16.7. The number of benzene rings is 1. The van der Waals surface area contributed by atoms with Crippen LogP contribution in [0.4, 0.5) is 11.6 Å². The minimum absolute atomic E-state index is 0.0398. The van der Waals surface area contributed by atoms with Gasteiger partial charge in [0.15, 0.2) is 5.82 Å². The van der Waals surface area contributed by atoms with Crippen molar-refractivity contribution in [3.05, 3.63) is 42.0 Å². The number of hydrogen-bond acceptors (Lipinski definition) is 5. The van der Waals surface area contributed by atoms with E-state index in [4.69, 9.17) is 4.74 Å². The van der Waals surface area contributed by atoms with Crippen LogP contribution in [0, 0.1) is 0 Å². The molecular weight excluding hydrogens is 292 g/mol. The second-order valence-electron chi connectivity index (χ2n) is 5.13. The van der Waals surface area contributed by atoms with E-state index < -0.39 is 0 Å². The molecule has 0 atom stereocenters. The van der Waals surface area contributed by atoms with Crippen LogP contribution >= 0.6 is 0 Å². The molecule has 0 bridgehead atoms. The zero-order chi connectivity index (χ0) is 16.5. The Kier molecular flexibility index (Phi) is 6.35. The first-order chi connectivity index (χ1) is 11.2. The van der Waals surface area contributed by atoms with Crippen molar-refractivity contribution in [1.29, 1.82) is 0 Å². The number of hydrogen-bond donors (Lipinski definition) is 2. The minimum Gasteiger partial charge on any atom is -0.497 e. The second-order valence-corrected chi connectivity index (χ2v) is 5.13. The average Bonchev–Trinajstić information content (AvgIpc) is 2.57. The summed E-state index contributed by atoms with van der Waals surface area (Å²) in [5.74, 6) is 1.98. The topological polar surface area (TPSA) is 76.1 Å². The van der Waals surface area contributed by atoms with Crippen molar-refractivity contribution in [2.75, 3.05) is 24.3 Å². The molecule has 0 saturated carbocycles. The molecular formula is C17H22N4O2. The highest BCUT2D eigenvalue weighted by Crippen LogP contribution is 2.12. The predicted octanol–water partition coefficient (Wildman–Crippen LogP) is 2.88. The van der Waals surface area contributed by atoms with E-state index in [1.807, 2.05) is 37.3 Å². The smallest absolute Gasteiger partial charge is 0.225 e. The molecule has 1 aromatic carbocycles. The van der Waals surface area contributed by atoms with Crippen LogP contribution in [0.25, 0.3) is 0 Å². The summed E-state index contributed by atoms with van der Waals surface area (Å²) in [7, 11) is 1.66. The Morgan fingerprint density at radius 1 is 1.09 bits per heavy atom. The van der Waals surface area contributed by atoms with Crippen molar-refractivity contribution in [3.8, 4) is 5.75 Å². The molecule has 2 rings (SSSR count). The third kappa shape index (κ3) is 5.58. The third-order valence-corrected chi connectivity index (χ3v) is 3.29. The van der Waals surface area contributed by atoms with Gasteiger partial charge in [-0.05, 0) is 42.7 Å². The molecule has 1 aromatic heterocycles. The Bertz CT molecular complexity index is 611. The molecule has 0 unspecified atom stereocenters. The molecule has 1 amide bonds. The van der Waals surface area contributed by atoms with Crippen molar-refractivity contribution >= 4 is 17.5 Å². The molecule has 0 spiro atoms. The molecule has 6 nitrogen and oxygen atoms in total. The fraction of sp³-hybridized carbons (Fsp3) is 0.353. The van der Waals surface area contributed by atoms with Gasteiger partial charge in [0.1, 0.15) is 11.6 Å². The van der Waals surface area contributed by atoms with Gasteiger partial charge in [-0.2, -0.15) is 0 Å². The number of anilines is 2. The van der Waals surface area contributed by atoms with Crippen LogP contribution in [-0.2, 0) is 11.2 Å². The number of ether oxygens (including phenoxy) is 1. The van der Waals surface area contributed by atoms with Gasteiger partial charge in [-0.3, -0.25) is 4.79 Å². The Labute approximate surface area is 136 Å². The lowest BCUT2D eigenvalue weighted by molar-refractivity contribution is -0.116. The van der Waals surface area contributed by atoms with Gasteiger partial charge in [0, 0.05) is 13.0 Å². The summed E-state index contributed by atoms with van der Waals surface area (Å²) in [4.78, 5) is 11.5. The van der Waals surface area contributed by atoms with Crippen LogP contribution < -0.4 is 15.4 Å². The summed E-state index contributed by atoms with van der Waals surface area (Å²) >= 11 is 0. The van der Waals surface area contributed by atoms with Gasteiger partial charge < -0.3 is 15.4 Å². The Hall–Kier alpha value is -2.63. The number of amides is 1.